The highest BCUT2D eigenvalue weighted by molar-refractivity contribution is 7.99. The Hall–Kier alpha value is -0.220. The number of rotatable bonds is 10. The molecule has 0 rings (SSSR count). The molecule has 3 nitrogen and oxygen atoms in total. The third-order valence-electron chi connectivity index (χ3n) is 3.03. The Bertz CT molecular complexity index is 193. The van der Waals surface area contributed by atoms with Gasteiger partial charge < -0.3 is 10.4 Å². The second kappa shape index (κ2) is 8.88. The van der Waals surface area contributed by atoms with Gasteiger partial charge in [-0.05, 0) is 44.2 Å². The second-order valence-corrected chi connectivity index (χ2v) is 5.29. The number of carboxylic acids is 1. The molecule has 0 aliphatic carbocycles. The molecule has 0 aromatic heterocycles. The Morgan fingerprint density at radius 3 is 2.38 bits per heavy atom. The molecule has 0 aliphatic rings. The summed E-state index contributed by atoms with van der Waals surface area (Å²) in [5.74, 6) is 1.54. The van der Waals surface area contributed by atoms with E-state index < -0.39 is 11.5 Å². The summed E-state index contributed by atoms with van der Waals surface area (Å²) in [7, 11) is 1.74. The third kappa shape index (κ3) is 5.21. The fraction of sp³-hybridized carbons (Fsp3) is 0.917. The third-order valence-corrected chi connectivity index (χ3v) is 4.18. The molecule has 0 aromatic rings. The van der Waals surface area contributed by atoms with Gasteiger partial charge in [0.2, 0.25) is 0 Å². The Kier molecular flexibility index (Phi) is 8.76. The van der Waals surface area contributed by atoms with Crippen LogP contribution in [-0.4, -0.2) is 35.2 Å². The molecule has 0 fully saturated rings. The van der Waals surface area contributed by atoms with Crippen LogP contribution in [0.3, 0.4) is 0 Å². The lowest BCUT2D eigenvalue weighted by molar-refractivity contribution is -0.145. The predicted octanol–water partition coefficient (Wildman–Crippen LogP) is 2.75. The van der Waals surface area contributed by atoms with Crippen molar-refractivity contribution in [3.05, 3.63) is 0 Å². The molecule has 1 unspecified atom stereocenters. The molecule has 0 amide bonds. The fourth-order valence-corrected chi connectivity index (χ4v) is 2.71. The number of likely N-dealkylation sites (N-methyl/N-ethyl adjacent to an activating group) is 1. The van der Waals surface area contributed by atoms with Crippen molar-refractivity contribution >= 4 is 17.7 Å². The quantitative estimate of drug-likeness (QED) is 0.583. The summed E-state index contributed by atoms with van der Waals surface area (Å²) >= 11 is 1.93. The van der Waals surface area contributed by atoms with E-state index in [1.165, 1.54) is 18.6 Å². The average molecular weight is 247 g/mol. The molecule has 0 spiro atoms. The van der Waals surface area contributed by atoms with Crippen LogP contribution in [0.15, 0.2) is 0 Å². The number of carboxylic acid groups (broad SMARTS) is 1. The van der Waals surface area contributed by atoms with E-state index in [0.717, 1.165) is 12.2 Å². The van der Waals surface area contributed by atoms with Gasteiger partial charge in [0, 0.05) is 0 Å². The van der Waals surface area contributed by atoms with Gasteiger partial charge in [0.05, 0.1) is 0 Å². The van der Waals surface area contributed by atoms with E-state index in [4.69, 9.17) is 0 Å². The molecule has 0 radical (unpaired) electrons. The maximum absolute atomic E-state index is 11.2. The first kappa shape index (κ1) is 15.8. The van der Waals surface area contributed by atoms with Gasteiger partial charge in [-0.25, -0.2) is 0 Å². The van der Waals surface area contributed by atoms with Crippen molar-refractivity contribution < 1.29 is 9.90 Å². The number of nitrogens with one attached hydrogen (secondary N) is 1. The standard InChI is InChI=1S/C12H25NO2S/c1-4-6-9-16-10-7-8-12(5-2,13-3)11(14)15/h13H,4-10H2,1-3H3,(H,14,15). The number of hydrogen-bond acceptors (Lipinski definition) is 3. The van der Waals surface area contributed by atoms with Crippen LogP contribution < -0.4 is 5.32 Å². The molecule has 16 heavy (non-hydrogen) atoms. The van der Waals surface area contributed by atoms with Crippen LogP contribution in [0.5, 0.6) is 0 Å². The summed E-state index contributed by atoms with van der Waals surface area (Å²) in [5, 5.41) is 12.2. The Balaban J connectivity index is 3.81. The van der Waals surface area contributed by atoms with Crippen LogP contribution in [0.25, 0.3) is 0 Å². The minimum Gasteiger partial charge on any atom is -0.480 e. The molecule has 0 aromatic carbocycles. The molecular formula is C12H25NO2S. The summed E-state index contributed by atoms with van der Waals surface area (Å²) in [5.41, 5.74) is -0.717. The van der Waals surface area contributed by atoms with Gasteiger partial charge in [-0.2, -0.15) is 11.8 Å². The topological polar surface area (TPSA) is 49.3 Å². The summed E-state index contributed by atoms with van der Waals surface area (Å²) < 4.78 is 0. The molecule has 0 saturated heterocycles. The highest BCUT2D eigenvalue weighted by Gasteiger charge is 2.33. The van der Waals surface area contributed by atoms with Crippen molar-refractivity contribution in [3.8, 4) is 0 Å². The first-order valence-electron chi connectivity index (χ1n) is 6.13. The van der Waals surface area contributed by atoms with E-state index in [1.807, 2.05) is 18.7 Å². The lowest BCUT2D eigenvalue weighted by Crippen LogP contribution is -2.49. The molecule has 96 valence electrons. The number of hydrogen-bond donors (Lipinski definition) is 2. The average Bonchev–Trinajstić information content (AvgIpc) is 2.28. The van der Waals surface area contributed by atoms with Gasteiger partial charge in [-0.15, -0.1) is 0 Å². The summed E-state index contributed by atoms with van der Waals surface area (Å²) in [6.45, 7) is 4.11. The van der Waals surface area contributed by atoms with Gasteiger partial charge in [-0.1, -0.05) is 20.3 Å². The first-order valence-corrected chi connectivity index (χ1v) is 7.28. The van der Waals surface area contributed by atoms with Crippen molar-refractivity contribution in [1.82, 2.24) is 5.32 Å². The monoisotopic (exact) mass is 247 g/mol. The van der Waals surface area contributed by atoms with Crippen molar-refractivity contribution in [2.24, 2.45) is 0 Å². The van der Waals surface area contributed by atoms with E-state index in [0.29, 0.717) is 12.8 Å². The predicted molar refractivity (Wildman–Crippen MR) is 71.2 cm³/mol. The van der Waals surface area contributed by atoms with Crippen molar-refractivity contribution in [2.75, 3.05) is 18.6 Å². The fourth-order valence-electron chi connectivity index (χ4n) is 1.67. The van der Waals surface area contributed by atoms with Crippen molar-refractivity contribution in [2.45, 2.75) is 51.5 Å². The molecular weight excluding hydrogens is 222 g/mol. The summed E-state index contributed by atoms with van der Waals surface area (Å²) in [6.07, 6.45) is 4.81. The molecule has 4 heteroatoms. The lowest BCUT2D eigenvalue weighted by Gasteiger charge is -2.27. The van der Waals surface area contributed by atoms with Crippen LogP contribution in [-0.2, 0) is 4.79 Å². The smallest absolute Gasteiger partial charge is 0.323 e. The number of thioether (sulfide) groups is 1. The van der Waals surface area contributed by atoms with Gasteiger partial charge in [-0.3, -0.25) is 4.79 Å². The largest absolute Gasteiger partial charge is 0.480 e. The molecule has 0 heterocycles. The van der Waals surface area contributed by atoms with E-state index in [-0.39, 0.29) is 0 Å². The van der Waals surface area contributed by atoms with E-state index in [1.54, 1.807) is 7.05 Å². The zero-order valence-corrected chi connectivity index (χ0v) is 11.5. The zero-order chi connectivity index (χ0) is 12.4. The van der Waals surface area contributed by atoms with Crippen LogP contribution >= 0.6 is 11.8 Å². The SMILES string of the molecule is CCCCSCCCC(CC)(NC)C(=O)O. The number of carbonyl (C=O) groups is 1. The highest BCUT2D eigenvalue weighted by atomic mass is 32.2. The lowest BCUT2D eigenvalue weighted by atomic mass is 9.91. The minimum absolute atomic E-state index is 0.637. The first-order chi connectivity index (χ1) is 7.63. The van der Waals surface area contributed by atoms with Crippen LogP contribution in [0, 0.1) is 0 Å². The normalized spacial score (nSPS) is 14.7. The molecule has 0 aliphatic heterocycles. The Morgan fingerprint density at radius 2 is 1.94 bits per heavy atom. The van der Waals surface area contributed by atoms with Gasteiger partial charge in [0.25, 0.3) is 0 Å². The molecule has 0 saturated carbocycles. The van der Waals surface area contributed by atoms with Crippen molar-refractivity contribution in [3.63, 3.8) is 0 Å². The van der Waals surface area contributed by atoms with Crippen LogP contribution in [0.4, 0.5) is 0 Å². The minimum atomic E-state index is -0.726. The van der Waals surface area contributed by atoms with Gasteiger partial charge in [0.1, 0.15) is 5.54 Å². The maximum atomic E-state index is 11.2. The van der Waals surface area contributed by atoms with Crippen LogP contribution in [0.1, 0.15) is 46.0 Å². The highest BCUT2D eigenvalue weighted by Crippen LogP contribution is 2.19. The summed E-state index contributed by atoms with van der Waals surface area (Å²) in [4.78, 5) is 11.2. The maximum Gasteiger partial charge on any atom is 0.323 e. The van der Waals surface area contributed by atoms with Crippen LogP contribution in [0.2, 0.25) is 0 Å². The number of aliphatic carboxylic acids is 1. The van der Waals surface area contributed by atoms with Gasteiger partial charge >= 0.3 is 5.97 Å². The summed E-state index contributed by atoms with van der Waals surface area (Å²) in [6, 6.07) is 0. The molecule has 0 bridgehead atoms. The zero-order valence-electron chi connectivity index (χ0n) is 10.7. The Labute approximate surface area is 103 Å². The number of unbranched alkanes of at least 4 members (excludes halogenated alkanes) is 1. The molecule has 1 atom stereocenters. The van der Waals surface area contributed by atoms with E-state index in [2.05, 4.69) is 12.2 Å². The molecule has 2 N–H and O–H groups in total. The van der Waals surface area contributed by atoms with E-state index in [9.17, 15) is 9.90 Å². The Morgan fingerprint density at radius 1 is 1.31 bits per heavy atom. The second-order valence-electron chi connectivity index (χ2n) is 4.06. The van der Waals surface area contributed by atoms with Crippen molar-refractivity contribution in [1.29, 1.82) is 0 Å². The van der Waals surface area contributed by atoms with Gasteiger partial charge in [0.15, 0.2) is 0 Å². The van der Waals surface area contributed by atoms with E-state index >= 15 is 0 Å².